The summed E-state index contributed by atoms with van der Waals surface area (Å²) in [6.45, 7) is 4.72. The van der Waals surface area contributed by atoms with Crippen molar-refractivity contribution < 1.29 is 27.1 Å². The van der Waals surface area contributed by atoms with Gasteiger partial charge in [-0.1, -0.05) is 6.92 Å². The average Bonchev–Trinajstić information content (AvgIpc) is 3.20. The molecule has 4 rings (SSSR count). The van der Waals surface area contributed by atoms with Crippen LogP contribution in [0, 0.1) is 6.92 Å². The van der Waals surface area contributed by atoms with Gasteiger partial charge in [-0.3, -0.25) is 14.3 Å². The maximum absolute atomic E-state index is 13.4. The zero-order chi connectivity index (χ0) is 27.0. The lowest BCUT2D eigenvalue weighted by atomic mass is 10.2. The Morgan fingerprint density at radius 2 is 1.84 bits per heavy atom. The SMILES string of the molecule is CCCc1nc(C)c2c(=O)[nH]c(-c3cc(S(=O)(=O)N4CCN(CP(=O)(OC)OC)CC4)ccc3O)nn12. The number of nitrogens with zero attached hydrogens (tertiary/aromatic N) is 5. The number of aromatic amines is 1. The number of fused-ring (bicyclic) bond motifs is 1. The molecule has 15 heteroatoms. The highest BCUT2D eigenvalue weighted by Crippen LogP contribution is 2.46. The molecule has 0 unspecified atom stereocenters. The number of piperazine rings is 1. The number of aryl methyl sites for hydroxylation is 2. The summed E-state index contributed by atoms with van der Waals surface area (Å²) in [6.07, 6.45) is 1.46. The Balaban J connectivity index is 1.63. The topological polar surface area (TPSA) is 159 Å². The molecule has 37 heavy (non-hydrogen) atoms. The van der Waals surface area contributed by atoms with Crippen LogP contribution in [0.25, 0.3) is 16.9 Å². The molecule has 0 amide bonds. The Morgan fingerprint density at radius 3 is 2.46 bits per heavy atom. The van der Waals surface area contributed by atoms with Crippen molar-refractivity contribution in [3.05, 3.63) is 40.1 Å². The number of hydrogen-bond donors (Lipinski definition) is 2. The van der Waals surface area contributed by atoms with E-state index in [0.29, 0.717) is 36.5 Å². The summed E-state index contributed by atoms with van der Waals surface area (Å²) in [5.74, 6) is 0.409. The van der Waals surface area contributed by atoms with Gasteiger partial charge in [-0.25, -0.2) is 17.9 Å². The Labute approximate surface area is 214 Å². The molecule has 0 atom stereocenters. The second kappa shape index (κ2) is 10.6. The predicted octanol–water partition coefficient (Wildman–Crippen LogP) is 1.80. The van der Waals surface area contributed by atoms with E-state index in [1.807, 2.05) is 11.8 Å². The van der Waals surface area contributed by atoms with E-state index in [1.165, 1.54) is 41.2 Å². The quantitative estimate of drug-likeness (QED) is 0.374. The lowest BCUT2D eigenvalue weighted by molar-refractivity contribution is 0.187. The van der Waals surface area contributed by atoms with Crippen LogP contribution in [0.3, 0.4) is 0 Å². The molecule has 1 aliphatic rings. The number of phenols is 1. The normalized spacial score (nSPS) is 16.0. The maximum Gasteiger partial charge on any atom is 0.344 e. The monoisotopic (exact) mass is 554 g/mol. The number of nitrogens with one attached hydrogen (secondary N) is 1. The van der Waals surface area contributed by atoms with Gasteiger partial charge in [-0.05, 0) is 31.5 Å². The fraction of sp³-hybridized carbons (Fsp3) is 0.500. The minimum Gasteiger partial charge on any atom is -0.507 e. The van der Waals surface area contributed by atoms with Crippen LogP contribution < -0.4 is 5.56 Å². The van der Waals surface area contributed by atoms with E-state index in [2.05, 4.69) is 15.1 Å². The van der Waals surface area contributed by atoms with Crippen LogP contribution in [0.5, 0.6) is 5.75 Å². The third-order valence-corrected chi connectivity index (χ3v) is 10.1. The van der Waals surface area contributed by atoms with Gasteiger partial charge in [0.15, 0.2) is 11.3 Å². The predicted molar refractivity (Wildman–Crippen MR) is 136 cm³/mol. The lowest BCUT2D eigenvalue weighted by Gasteiger charge is -2.34. The van der Waals surface area contributed by atoms with Gasteiger partial charge in [0, 0.05) is 46.8 Å². The maximum atomic E-state index is 13.4. The van der Waals surface area contributed by atoms with Gasteiger partial charge >= 0.3 is 7.60 Å². The molecule has 1 saturated heterocycles. The highest BCUT2D eigenvalue weighted by molar-refractivity contribution is 7.89. The molecule has 2 aromatic heterocycles. The van der Waals surface area contributed by atoms with Gasteiger partial charge in [0.2, 0.25) is 10.0 Å². The number of phenolic OH excluding ortho intramolecular Hbond substituents is 1. The first-order valence-electron chi connectivity index (χ1n) is 11.8. The van der Waals surface area contributed by atoms with Crippen molar-refractivity contribution in [3.8, 4) is 17.1 Å². The van der Waals surface area contributed by atoms with Crippen molar-refractivity contribution in [2.24, 2.45) is 0 Å². The lowest BCUT2D eigenvalue weighted by Crippen LogP contribution is -2.48. The van der Waals surface area contributed by atoms with E-state index in [1.54, 1.807) is 6.92 Å². The molecule has 1 fully saturated rings. The number of benzene rings is 1. The summed E-state index contributed by atoms with van der Waals surface area (Å²) in [7, 11) is -4.56. The number of imidazole rings is 1. The zero-order valence-electron chi connectivity index (χ0n) is 21.2. The average molecular weight is 555 g/mol. The third kappa shape index (κ3) is 5.35. The summed E-state index contributed by atoms with van der Waals surface area (Å²) in [4.78, 5) is 21.7. The standard InChI is InChI=1S/C22H31N6O7PS/c1-5-6-19-23-15(2)20-22(30)24-21(25-28(19)20)17-13-16(7-8-18(17)29)37(32,33)27-11-9-26(10-12-27)14-36(31,34-3)35-4/h7-8,13,29H,5-6,9-12,14H2,1-4H3,(H,24,25,30). The molecule has 2 N–H and O–H groups in total. The first-order chi connectivity index (χ1) is 17.5. The van der Waals surface area contributed by atoms with Crippen LogP contribution in [0.2, 0.25) is 0 Å². The van der Waals surface area contributed by atoms with E-state index >= 15 is 0 Å². The summed E-state index contributed by atoms with van der Waals surface area (Å²) in [6, 6.07) is 3.88. The van der Waals surface area contributed by atoms with Gasteiger partial charge in [-0.15, -0.1) is 5.10 Å². The minimum absolute atomic E-state index is 0.0292. The minimum atomic E-state index is -3.93. The molecule has 3 heterocycles. The highest BCUT2D eigenvalue weighted by atomic mass is 32.2. The third-order valence-electron chi connectivity index (χ3n) is 6.34. The fourth-order valence-corrected chi connectivity index (χ4v) is 6.91. The van der Waals surface area contributed by atoms with Crippen molar-refractivity contribution >= 4 is 23.1 Å². The molecule has 3 aromatic rings. The van der Waals surface area contributed by atoms with Crippen molar-refractivity contribution in [2.75, 3.05) is 46.7 Å². The molecule has 0 bridgehead atoms. The summed E-state index contributed by atoms with van der Waals surface area (Å²) in [5.41, 5.74) is 0.481. The first-order valence-corrected chi connectivity index (χ1v) is 14.9. The molecule has 0 saturated carbocycles. The van der Waals surface area contributed by atoms with Crippen LogP contribution in [-0.4, -0.2) is 89.0 Å². The molecule has 1 aliphatic heterocycles. The van der Waals surface area contributed by atoms with Gasteiger partial charge in [0.1, 0.15) is 17.9 Å². The number of rotatable bonds is 9. The molecule has 0 radical (unpaired) electrons. The number of H-pyrrole nitrogens is 1. The fourth-order valence-electron chi connectivity index (χ4n) is 4.30. The first kappa shape index (κ1) is 27.4. The molecular formula is C22H31N6O7PS. The van der Waals surface area contributed by atoms with Crippen LogP contribution in [0.15, 0.2) is 27.9 Å². The summed E-state index contributed by atoms with van der Waals surface area (Å²) < 4.78 is 52.0. The van der Waals surface area contributed by atoms with E-state index in [-0.39, 0.29) is 41.4 Å². The van der Waals surface area contributed by atoms with E-state index in [9.17, 15) is 22.9 Å². The molecule has 13 nitrogen and oxygen atoms in total. The van der Waals surface area contributed by atoms with Gasteiger partial charge in [0.05, 0.1) is 16.2 Å². The molecule has 0 spiro atoms. The van der Waals surface area contributed by atoms with Crippen LogP contribution in [-0.2, 0) is 30.1 Å². The van der Waals surface area contributed by atoms with Crippen LogP contribution in [0.1, 0.15) is 24.9 Å². The molecular weight excluding hydrogens is 523 g/mol. The van der Waals surface area contributed by atoms with Crippen molar-refractivity contribution in [1.29, 1.82) is 0 Å². The van der Waals surface area contributed by atoms with E-state index in [4.69, 9.17) is 9.05 Å². The zero-order valence-corrected chi connectivity index (χ0v) is 22.9. The van der Waals surface area contributed by atoms with Crippen molar-refractivity contribution in [2.45, 2.75) is 31.6 Å². The Kier molecular flexibility index (Phi) is 7.88. The Hall–Kier alpha value is -2.61. The number of hydrogen-bond acceptors (Lipinski definition) is 10. The van der Waals surface area contributed by atoms with Crippen molar-refractivity contribution in [1.82, 2.24) is 28.8 Å². The van der Waals surface area contributed by atoms with E-state index < -0.39 is 23.2 Å². The van der Waals surface area contributed by atoms with Crippen molar-refractivity contribution in [3.63, 3.8) is 0 Å². The highest BCUT2D eigenvalue weighted by Gasteiger charge is 2.33. The Morgan fingerprint density at radius 1 is 1.16 bits per heavy atom. The number of aromatic hydroxyl groups is 1. The summed E-state index contributed by atoms with van der Waals surface area (Å²) >= 11 is 0. The largest absolute Gasteiger partial charge is 0.507 e. The second-order valence-corrected chi connectivity index (χ2v) is 12.9. The van der Waals surface area contributed by atoms with Gasteiger partial charge in [-0.2, -0.15) is 4.31 Å². The number of sulfonamides is 1. The van der Waals surface area contributed by atoms with E-state index in [0.717, 1.165) is 6.42 Å². The molecule has 202 valence electrons. The summed E-state index contributed by atoms with van der Waals surface area (Å²) in [5, 5.41) is 15.0. The Bertz CT molecular complexity index is 1500. The number of aromatic nitrogens is 4. The molecule has 1 aromatic carbocycles. The smallest absolute Gasteiger partial charge is 0.344 e. The van der Waals surface area contributed by atoms with Gasteiger partial charge in [0.25, 0.3) is 5.56 Å². The molecule has 0 aliphatic carbocycles. The second-order valence-electron chi connectivity index (χ2n) is 8.75. The van der Waals surface area contributed by atoms with Gasteiger partial charge < -0.3 is 19.1 Å². The van der Waals surface area contributed by atoms with Crippen LogP contribution >= 0.6 is 7.60 Å². The van der Waals surface area contributed by atoms with Crippen LogP contribution in [0.4, 0.5) is 0 Å².